The van der Waals surface area contributed by atoms with Gasteiger partial charge in [-0.15, -0.1) is 0 Å². The van der Waals surface area contributed by atoms with Crippen LogP contribution in [-0.2, 0) is 17.8 Å². The van der Waals surface area contributed by atoms with Crippen molar-refractivity contribution in [1.29, 1.82) is 0 Å². The normalized spacial score (nSPS) is 11.9. The summed E-state index contributed by atoms with van der Waals surface area (Å²) < 4.78 is 5.35. The third-order valence-corrected chi connectivity index (χ3v) is 5.01. The van der Waals surface area contributed by atoms with Gasteiger partial charge in [-0.05, 0) is 36.6 Å². The van der Waals surface area contributed by atoms with Gasteiger partial charge in [-0.2, -0.15) is 0 Å². The molecule has 0 aliphatic rings. The van der Waals surface area contributed by atoms with E-state index in [-0.39, 0.29) is 18.4 Å². The lowest BCUT2D eigenvalue weighted by atomic mass is 9.95. The van der Waals surface area contributed by atoms with Crippen LogP contribution in [0.4, 0.5) is 0 Å². The van der Waals surface area contributed by atoms with Crippen LogP contribution in [0, 0.1) is 5.92 Å². The SMILES string of the molecule is COc1ccccc1CN(C)C(=O)C(CCO)Cc1ccc(Cl)c(Cl)c1. The molecule has 140 valence electrons. The van der Waals surface area contributed by atoms with E-state index >= 15 is 0 Å². The summed E-state index contributed by atoms with van der Waals surface area (Å²) in [6.07, 6.45) is 0.877. The van der Waals surface area contributed by atoms with Crippen LogP contribution in [0.3, 0.4) is 0 Å². The monoisotopic (exact) mass is 395 g/mol. The minimum Gasteiger partial charge on any atom is -0.496 e. The van der Waals surface area contributed by atoms with Gasteiger partial charge in [0, 0.05) is 31.7 Å². The number of carbonyl (C=O) groups excluding carboxylic acids is 1. The average Bonchev–Trinajstić information content (AvgIpc) is 2.64. The number of hydrogen-bond donors (Lipinski definition) is 1. The Balaban J connectivity index is 2.12. The van der Waals surface area contributed by atoms with Gasteiger partial charge < -0.3 is 14.7 Å². The number of aliphatic hydroxyl groups excluding tert-OH is 1. The molecule has 0 bridgehead atoms. The van der Waals surface area contributed by atoms with Gasteiger partial charge in [0.25, 0.3) is 0 Å². The molecule has 0 saturated carbocycles. The predicted octanol–water partition coefficient (Wildman–Crippen LogP) is 4.20. The maximum absolute atomic E-state index is 12.9. The molecule has 0 radical (unpaired) electrons. The van der Waals surface area contributed by atoms with Gasteiger partial charge in [-0.3, -0.25) is 4.79 Å². The molecular weight excluding hydrogens is 373 g/mol. The Hall–Kier alpha value is -1.75. The van der Waals surface area contributed by atoms with Crippen molar-refractivity contribution in [3.63, 3.8) is 0 Å². The summed E-state index contributed by atoms with van der Waals surface area (Å²) in [4.78, 5) is 14.6. The number of benzene rings is 2. The maximum Gasteiger partial charge on any atom is 0.226 e. The minimum atomic E-state index is -0.336. The number of rotatable bonds is 8. The summed E-state index contributed by atoms with van der Waals surface area (Å²) in [5.74, 6) is 0.378. The first-order valence-corrected chi connectivity index (χ1v) is 9.13. The predicted molar refractivity (Wildman–Crippen MR) is 105 cm³/mol. The molecule has 1 amide bonds. The molecule has 2 aromatic carbocycles. The van der Waals surface area contributed by atoms with E-state index in [1.54, 1.807) is 31.2 Å². The highest BCUT2D eigenvalue weighted by molar-refractivity contribution is 6.42. The van der Waals surface area contributed by atoms with Crippen molar-refractivity contribution in [1.82, 2.24) is 4.90 Å². The van der Waals surface area contributed by atoms with Crippen molar-refractivity contribution in [3.8, 4) is 5.75 Å². The van der Waals surface area contributed by atoms with Crippen molar-refractivity contribution in [3.05, 3.63) is 63.6 Å². The number of hydrogen-bond acceptors (Lipinski definition) is 3. The molecule has 1 unspecified atom stereocenters. The summed E-state index contributed by atoms with van der Waals surface area (Å²) in [6.45, 7) is 0.381. The molecule has 0 heterocycles. The van der Waals surface area contributed by atoms with E-state index in [2.05, 4.69) is 0 Å². The molecule has 0 spiro atoms. The molecule has 0 aliphatic carbocycles. The van der Waals surface area contributed by atoms with Crippen molar-refractivity contribution in [2.75, 3.05) is 20.8 Å². The lowest BCUT2D eigenvalue weighted by Gasteiger charge is -2.24. The zero-order chi connectivity index (χ0) is 19.1. The third-order valence-electron chi connectivity index (χ3n) is 4.27. The van der Waals surface area contributed by atoms with Gasteiger partial charge >= 0.3 is 0 Å². The molecular formula is C20H23Cl2NO3. The number of nitrogens with zero attached hydrogens (tertiary/aromatic N) is 1. The second-order valence-corrected chi connectivity index (χ2v) is 6.98. The van der Waals surface area contributed by atoms with Crippen LogP contribution in [0.25, 0.3) is 0 Å². The van der Waals surface area contributed by atoms with Crippen LogP contribution in [0.1, 0.15) is 17.5 Å². The Morgan fingerprint density at radius 1 is 1.19 bits per heavy atom. The van der Waals surface area contributed by atoms with E-state index < -0.39 is 0 Å². The van der Waals surface area contributed by atoms with Crippen LogP contribution in [0.2, 0.25) is 10.0 Å². The molecule has 1 atom stereocenters. The summed E-state index contributed by atoms with van der Waals surface area (Å²) in [6, 6.07) is 12.9. The summed E-state index contributed by atoms with van der Waals surface area (Å²) in [5, 5.41) is 10.3. The molecule has 6 heteroatoms. The van der Waals surface area contributed by atoms with Crippen molar-refractivity contribution < 1.29 is 14.6 Å². The Bertz CT molecular complexity index is 752. The van der Waals surface area contributed by atoms with Crippen LogP contribution >= 0.6 is 23.2 Å². The van der Waals surface area contributed by atoms with Crippen molar-refractivity contribution in [2.24, 2.45) is 5.92 Å². The minimum absolute atomic E-state index is 0.0315. The van der Waals surface area contributed by atoms with E-state index in [4.69, 9.17) is 27.9 Å². The van der Waals surface area contributed by atoms with Gasteiger partial charge in [-0.1, -0.05) is 47.5 Å². The summed E-state index contributed by atoms with van der Waals surface area (Å²) >= 11 is 12.0. The van der Waals surface area contributed by atoms with Gasteiger partial charge in [0.2, 0.25) is 5.91 Å². The van der Waals surface area contributed by atoms with E-state index in [1.807, 2.05) is 30.3 Å². The molecule has 4 nitrogen and oxygen atoms in total. The number of para-hydroxylation sites is 1. The third kappa shape index (κ3) is 5.37. The summed E-state index contributed by atoms with van der Waals surface area (Å²) in [7, 11) is 3.37. The lowest BCUT2D eigenvalue weighted by molar-refractivity contribution is -0.135. The number of aliphatic hydroxyl groups is 1. The van der Waals surface area contributed by atoms with Crippen LogP contribution in [0.15, 0.2) is 42.5 Å². The number of methoxy groups -OCH3 is 1. The molecule has 2 rings (SSSR count). The molecule has 1 N–H and O–H groups in total. The van der Waals surface area contributed by atoms with Gasteiger partial charge in [0.05, 0.1) is 17.2 Å². The smallest absolute Gasteiger partial charge is 0.226 e. The fourth-order valence-electron chi connectivity index (χ4n) is 2.90. The Morgan fingerprint density at radius 3 is 2.58 bits per heavy atom. The highest BCUT2D eigenvalue weighted by atomic mass is 35.5. The number of ether oxygens (including phenoxy) is 1. The molecule has 0 saturated heterocycles. The van der Waals surface area contributed by atoms with E-state index in [0.29, 0.717) is 29.4 Å². The molecule has 0 aliphatic heterocycles. The zero-order valence-corrected chi connectivity index (χ0v) is 16.4. The number of amides is 1. The highest BCUT2D eigenvalue weighted by Gasteiger charge is 2.23. The fraction of sp³-hybridized carbons (Fsp3) is 0.350. The average molecular weight is 396 g/mol. The zero-order valence-electron chi connectivity index (χ0n) is 14.9. The Kier molecular flexibility index (Phi) is 7.76. The molecule has 0 fully saturated rings. The van der Waals surface area contributed by atoms with E-state index in [1.165, 1.54) is 0 Å². The first-order valence-electron chi connectivity index (χ1n) is 8.38. The topological polar surface area (TPSA) is 49.8 Å². The molecule has 0 aromatic heterocycles. The van der Waals surface area contributed by atoms with Gasteiger partial charge in [-0.25, -0.2) is 0 Å². The largest absolute Gasteiger partial charge is 0.496 e. The first kappa shape index (κ1) is 20.6. The van der Waals surface area contributed by atoms with Crippen molar-refractivity contribution >= 4 is 29.1 Å². The molecule has 26 heavy (non-hydrogen) atoms. The van der Waals surface area contributed by atoms with Crippen LogP contribution in [0.5, 0.6) is 5.75 Å². The summed E-state index contributed by atoms with van der Waals surface area (Å²) in [5.41, 5.74) is 1.85. The standard InChI is InChI=1S/C20H23Cl2NO3/c1-23(13-16-5-3-4-6-19(16)26-2)20(25)15(9-10-24)11-14-7-8-17(21)18(22)12-14/h3-8,12,15,24H,9-11,13H2,1-2H3. The number of halogens is 2. The second-order valence-electron chi connectivity index (χ2n) is 6.17. The van der Waals surface area contributed by atoms with E-state index in [0.717, 1.165) is 16.9 Å². The van der Waals surface area contributed by atoms with Gasteiger partial charge in [0.1, 0.15) is 5.75 Å². The number of carbonyl (C=O) groups is 1. The second kappa shape index (κ2) is 9.81. The first-order chi connectivity index (χ1) is 12.5. The molecule has 2 aromatic rings. The van der Waals surface area contributed by atoms with E-state index in [9.17, 15) is 9.90 Å². The Labute approximate surface area is 164 Å². The quantitative estimate of drug-likeness (QED) is 0.728. The fourth-order valence-corrected chi connectivity index (χ4v) is 3.22. The van der Waals surface area contributed by atoms with Crippen molar-refractivity contribution in [2.45, 2.75) is 19.4 Å². The van der Waals surface area contributed by atoms with Crippen LogP contribution < -0.4 is 4.74 Å². The van der Waals surface area contributed by atoms with Crippen LogP contribution in [-0.4, -0.2) is 36.7 Å². The Morgan fingerprint density at radius 2 is 1.92 bits per heavy atom. The maximum atomic E-state index is 12.9. The van der Waals surface area contributed by atoms with Gasteiger partial charge in [0.15, 0.2) is 0 Å². The highest BCUT2D eigenvalue weighted by Crippen LogP contribution is 2.25. The lowest BCUT2D eigenvalue weighted by Crippen LogP contribution is -2.34.